The minimum absolute atomic E-state index is 0.0500. The number of methoxy groups -OCH3 is 1. The summed E-state index contributed by atoms with van der Waals surface area (Å²) in [6, 6.07) is 3.77. The van der Waals surface area contributed by atoms with E-state index in [-0.39, 0.29) is 13.4 Å². The summed E-state index contributed by atoms with van der Waals surface area (Å²) in [4.78, 5) is 0. The van der Waals surface area contributed by atoms with Crippen molar-refractivity contribution in [3.8, 4) is 17.2 Å². The molecule has 4 heteroatoms. The maximum Gasteiger partial charge on any atom is 0.231 e. The lowest BCUT2D eigenvalue weighted by Gasteiger charge is -2.10. The lowest BCUT2D eigenvalue weighted by atomic mass is 10.0. The molecular weight excluding hydrogens is 232 g/mol. The molecule has 0 fully saturated rings. The van der Waals surface area contributed by atoms with Gasteiger partial charge in [-0.25, -0.2) is 0 Å². The van der Waals surface area contributed by atoms with Gasteiger partial charge in [-0.1, -0.05) is 19.9 Å². The zero-order valence-electron chi connectivity index (χ0n) is 10.9. The summed E-state index contributed by atoms with van der Waals surface area (Å²) >= 11 is 0. The van der Waals surface area contributed by atoms with Gasteiger partial charge < -0.3 is 19.3 Å². The Morgan fingerprint density at radius 1 is 1.44 bits per heavy atom. The van der Waals surface area contributed by atoms with Crippen LogP contribution >= 0.6 is 0 Å². The Hall–Kier alpha value is -1.68. The first-order valence-corrected chi connectivity index (χ1v) is 5.94. The maximum atomic E-state index is 9.32. The lowest BCUT2D eigenvalue weighted by Crippen LogP contribution is -1.99. The quantitative estimate of drug-likeness (QED) is 0.891. The molecule has 1 aromatic carbocycles. The fourth-order valence-electron chi connectivity index (χ4n) is 1.84. The van der Waals surface area contributed by atoms with Gasteiger partial charge in [0.05, 0.1) is 13.7 Å². The molecule has 1 aromatic rings. The largest absolute Gasteiger partial charge is 0.493 e. The number of rotatable bonds is 4. The summed E-state index contributed by atoms with van der Waals surface area (Å²) in [6.45, 7) is 4.36. The Balaban J connectivity index is 2.40. The van der Waals surface area contributed by atoms with Crippen LogP contribution in [0.15, 0.2) is 17.7 Å². The summed E-state index contributed by atoms with van der Waals surface area (Å²) < 4.78 is 16.0. The molecule has 0 unspecified atom stereocenters. The Bertz CT molecular complexity index is 463. The van der Waals surface area contributed by atoms with Crippen molar-refractivity contribution in [2.45, 2.75) is 13.8 Å². The van der Waals surface area contributed by atoms with Gasteiger partial charge in [-0.15, -0.1) is 0 Å². The van der Waals surface area contributed by atoms with Crippen molar-refractivity contribution in [3.05, 3.63) is 23.3 Å². The van der Waals surface area contributed by atoms with Crippen LogP contribution < -0.4 is 14.2 Å². The Kier molecular flexibility index (Phi) is 3.77. The third-order valence-corrected chi connectivity index (χ3v) is 2.96. The third-order valence-electron chi connectivity index (χ3n) is 2.96. The van der Waals surface area contributed by atoms with Gasteiger partial charge in [-0.2, -0.15) is 0 Å². The van der Waals surface area contributed by atoms with Gasteiger partial charge in [0.2, 0.25) is 12.5 Å². The minimum atomic E-state index is 0.0500. The standard InChI is InChI=1S/C14H18O4/c1-9(2)11(7-15)4-10-5-12(16-3)14-13(6-10)17-8-18-14/h4-6,9,15H,7-8H2,1-3H3/b11-4-. The third kappa shape index (κ3) is 2.43. The van der Waals surface area contributed by atoms with Crippen LogP contribution in [0.2, 0.25) is 0 Å². The van der Waals surface area contributed by atoms with Crippen LogP contribution in [0, 0.1) is 5.92 Å². The average Bonchev–Trinajstić information content (AvgIpc) is 2.82. The molecule has 0 bridgehead atoms. The van der Waals surface area contributed by atoms with Gasteiger partial charge in [0.25, 0.3) is 0 Å². The molecule has 0 saturated carbocycles. The predicted molar refractivity (Wildman–Crippen MR) is 69.0 cm³/mol. The molecule has 0 atom stereocenters. The highest BCUT2D eigenvalue weighted by Crippen LogP contribution is 2.42. The normalized spacial score (nSPS) is 14.2. The fraction of sp³-hybridized carbons (Fsp3) is 0.429. The molecule has 0 saturated heterocycles. The van der Waals surface area contributed by atoms with Crippen LogP contribution in [0.5, 0.6) is 17.2 Å². The fourth-order valence-corrected chi connectivity index (χ4v) is 1.84. The van der Waals surface area contributed by atoms with Crippen molar-refractivity contribution in [1.82, 2.24) is 0 Å². The number of benzene rings is 1. The molecule has 1 aliphatic rings. The van der Waals surface area contributed by atoms with Crippen LogP contribution in [-0.2, 0) is 0 Å². The molecule has 0 radical (unpaired) electrons. The van der Waals surface area contributed by atoms with Crippen molar-refractivity contribution in [3.63, 3.8) is 0 Å². The second kappa shape index (κ2) is 5.31. The zero-order chi connectivity index (χ0) is 13.1. The number of aliphatic hydroxyl groups is 1. The first-order chi connectivity index (χ1) is 8.65. The number of hydrogen-bond acceptors (Lipinski definition) is 4. The molecule has 0 spiro atoms. The highest BCUT2D eigenvalue weighted by atomic mass is 16.7. The van der Waals surface area contributed by atoms with Crippen LogP contribution in [-0.4, -0.2) is 25.6 Å². The van der Waals surface area contributed by atoms with E-state index in [1.807, 2.05) is 32.1 Å². The van der Waals surface area contributed by atoms with E-state index in [9.17, 15) is 5.11 Å². The Labute approximate surface area is 107 Å². The predicted octanol–water partition coefficient (Wildman–Crippen LogP) is 2.46. The lowest BCUT2D eigenvalue weighted by molar-refractivity contribution is 0.171. The first-order valence-electron chi connectivity index (χ1n) is 5.94. The monoisotopic (exact) mass is 250 g/mol. The Morgan fingerprint density at radius 2 is 2.22 bits per heavy atom. The molecule has 0 aromatic heterocycles. The van der Waals surface area contributed by atoms with Crippen molar-refractivity contribution in [1.29, 1.82) is 0 Å². The summed E-state index contributed by atoms with van der Waals surface area (Å²) in [6.07, 6.45) is 1.95. The number of fused-ring (bicyclic) bond motifs is 1. The minimum Gasteiger partial charge on any atom is -0.493 e. The van der Waals surface area contributed by atoms with Crippen molar-refractivity contribution in [2.24, 2.45) is 5.92 Å². The van der Waals surface area contributed by atoms with Crippen molar-refractivity contribution in [2.75, 3.05) is 20.5 Å². The molecule has 1 aliphatic heterocycles. The molecule has 18 heavy (non-hydrogen) atoms. The van der Waals surface area contributed by atoms with E-state index in [4.69, 9.17) is 14.2 Å². The van der Waals surface area contributed by atoms with Crippen LogP contribution in [0.3, 0.4) is 0 Å². The number of hydrogen-bond donors (Lipinski definition) is 1. The average molecular weight is 250 g/mol. The summed E-state index contributed by atoms with van der Waals surface area (Å²) in [5.74, 6) is 2.27. The van der Waals surface area contributed by atoms with Gasteiger partial charge >= 0.3 is 0 Å². The van der Waals surface area contributed by atoms with E-state index in [1.165, 1.54) is 0 Å². The summed E-state index contributed by atoms with van der Waals surface area (Å²) in [7, 11) is 1.60. The van der Waals surface area contributed by atoms with Crippen LogP contribution in [0.25, 0.3) is 6.08 Å². The van der Waals surface area contributed by atoms with Gasteiger partial charge in [0.15, 0.2) is 11.5 Å². The summed E-state index contributed by atoms with van der Waals surface area (Å²) in [5, 5.41) is 9.32. The molecular formula is C14H18O4. The zero-order valence-corrected chi connectivity index (χ0v) is 10.9. The van der Waals surface area contributed by atoms with Gasteiger partial charge in [0.1, 0.15) is 0 Å². The molecule has 1 heterocycles. The second-order valence-electron chi connectivity index (χ2n) is 4.49. The van der Waals surface area contributed by atoms with Gasteiger partial charge in [-0.3, -0.25) is 0 Å². The first kappa shape index (κ1) is 12.8. The van der Waals surface area contributed by atoms with E-state index < -0.39 is 0 Å². The van der Waals surface area contributed by atoms with E-state index >= 15 is 0 Å². The van der Waals surface area contributed by atoms with Crippen molar-refractivity contribution >= 4 is 6.08 Å². The van der Waals surface area contributed by atoms with Gasteiger partial charge in [-0.05, 0) is 29.2 Å². The smallest absolute Gasteiger partial charge is 0.231 e. The van der Waals surface area contributed by atoms with E-state index in [0.29, 0.717) is 23.2 Å². The molecule has 1 N–H and O–H groups in total. The van der Waals surface area contributed by atoms with Crippen molar-refractivity contribution < 1.29 is 19.3 Å². The molecule has 98 valence electrons. The number of aliphatic hydroxyl groups excluding tert-OH is 1. The topological polar surface area (TPSA) is 47.9 Å². The molecule has 2 rings (SSSR count). The molecule has 0 amide bonds. The number of ether oxygens (including phenoxy) is 3. The van der Waals surface area contributed by atoms with E-state index in [1.54, 1.807) is 7.11 Å². The van der Waals surface area contributed by atoms with Crippen LogP contribution in [0.1, 0.15) is 19.4 Å². The Morgan fingerprint density at radius 3 is 2.83 bits per heavy atom. The molecule has 4 nitrogen and oxygen atoms in total. The highest BCUT2D eigenvalue weighted by Gasteiger charge is 2.19. The molecule has 0 aliphatic carbocycles. The van der Waals surface area contributed by atoms with Crippen LogP contribution in [0.4, 0.5) is 0 Å². The van der Waals surface area contributed by atoms with E-state index in [0.717, 1.165) is 11.1 Å². The summed E-state index contributed by atoms with van der Waals surface area (Å²) in [5.41, 5.74) is 1.91. The SMILES string of the molecule is COc1cc(/C=C(/CO)C(C)C)cc2c1OCO2. The maximum absolute atomic E-state index is 9.32. The highest BCUT2D eigenvalue weighted by molar-refractivity contribution is 5.64. The van der Waals surface area contributed by atoms with Gasteiger partial charge in [0, 0.05) is 0 Å². The second-order valence-corrected chi connectivity index (χ2v) is 4.49. The van der Waals surface area contributed by atoms with E-state index in [2.05, 4.69) is 0 Å².